The minimum Gasteiger partial charge on any atom is -0.478 e. The van der Waals surface area contributed by atoms with Crippen molar-refractivity contribution < 1.29 is 19.8 Å². The van der Waals surface area contributed by atoms with Crippen molar-refractivity contribution in [2.24, 2.45) is 0 Å². The first-order valence-corrected chi connectivity index (χ1v) is 10.6. The summed E-state index contributed by atoms with van der Waals surface area (Å²) in [5.74, 6) is -1.94. The number of benzene rings is 2. The monoisotopic (exact) mass is 428 g/mol. The highest BCUT2D eigenvalue weighted by molar-refractivity contribution is 6.02. The highest BCUT2D eigenvalue weighted by atomic mass is 16.4. The topological polar surface area (TPSA) is 92.4 Å². The van der Waals surface area contributed by atoms with Gasteiger partial charge >= 0.3 is 11.9 Å². The van der Waals surface area contributed by atoms with Gasteiger partial charge in [0.15, 0.2) is 0 Å². The van der Waals surface area contributed by atoms with Gasteiger partial charge in [0, 0.05) is 29.4 Å². The van der Waals surface area contributed by atoms with Crippen molar-refractivity contribution >= 4 is 22.8 Å². The quantitative estimate of drug-likeness (QED) is 0.387. The number of para-hydroxylation sites is 1. The molecule has 6 heteroatoms. The van der Waals surface area contributed by atoms with Crippen LogP contribution in [0.25, 0.3) is 22.2 Å². The Balaban J connectivity index is 1.73. The van der Waals surface area contributed by atoms with E-state index in [0.29, 0.717) is 23.3 Å². The van der Waals surface area contributed by atoms with Crippen LogP contribution in [-0.4, -0.2) is 31.7 Å². The van der Waals surface area contributed by atoms with Crippen LogP contribution in [0, 0.1) is 0 Å². The third kappa shape index (κ3) is 4.12. The fraction of sp³-hybridized carbons (Fsp3) is 0.192. The summed E-state index contributed by atoms with van der Waals surface area (Å²) in [4.78, 5) is 27.9. The van der Waals surface area contributed by atoms with E-state index in [2.05, 4.69) is 22.5 Å². The second-order valence-electron chi connectivity index (χ2n) is 7.78. The SMILES string of the molecule is CCCCc1cc2cccc(C(=O)O)c2n1Cc1ccc(-c2ccccc2C(=O)O)nc1. The van der Waals surface area contributed by atoms with Crippen molar-refractivity contribution in [3.8, 4) is 11.3 Å². The highest BCUT2D eigenvalue weighted by Crippen LogP contribution is 2.27. The van der Waals surface area contributed by atoms with Crippen molar-refractivity contribution in [2.75, 3.05) is 0 Å². The third-order valence-corrected chi connectivity index (χ3v) is 5.62. The number of pyridine rings is 1. The maximum absolute atomic E-state index is 11.9. The van der Waals surface area contributed by atoms with Crippen LogP contribution in [0.2, 0.25) is 0 Å². The number of aromatic nitrogens is 2. The van der Waals surface area contributed by atoms with Crippen LogP contribution in [0.15, 0.2) is 66.9 Å². The Bertz CT molecular complexity index is 1290. The van der Waals surface area contributed by atoms with Crippen molar-refractivity contribution in [1.29, 1.82) is 0 Å². The number of unbranched alkanes of at least 4 members (excludes halogenated alkanes) is 1. The molecular weight excluding hydrogens is 404 g/mol. The first-order valence-electron chi connectivity index (χ1n) is 10.6. The van der Waals surface area contributed by atoms with Gasteiger partial charge in [-0.25, -0.2) is 9.59 Å². The number of aromatic carboxylic acids is 2. The maximum Gasteiger partial charge on any atom is 0.337 e. The standard InChI is InChI=1S/C26H24N2O4/c1-2-3-8-19-14-18-7-6-11-22(26(31)32)24(18)28(19)16-17-12-13-23(27-15-17)20-9-4-5-10-21(20)25(29)30/h4-7,9-15H,2-3,8,16H2,1H3,(H,29,30)(H,31,32). The number of rotatable bonds is 8. The molecule has 0 unspecified atom stereocenters. The Kier molecular flexibility index (Phi) is 6.03. The zero-order valence-electron chi connectivity index (χ0n) is 17.8. The summed E-state index contributed by atoms with van der Waals surface area (Å²) in [6.45, 7) is 2.62. The van der Waals surface area contributed by atoms with Gasteiger partial charge in [-0.1, -0.05) is 49.7 Å². The molecule has 0 radical (unpaired) electrons. The molecule has 2 heterocycles. The highest BCUT2D eigenvalue weighted by Gasteiger charge is 2.17. The smallest absolute Gasteiger partial charge is 0.337 e. The molecule has 32 heavy (non-hydrogen) atoms. The molecule has 4 aromatic rings. The van der Waals surface area contributed by atoms with E-state index in [9.17, 15) is 19.8 Å². The minimum absolute atomic E-state index is 0.206. The van der Waals surface area contributed by atoms with Crippen LogP contribution in [0.5, 0.6) is 0 Å². The van der Waals surface area contributed by atoms with Crippen molar-refractivity contribution in [3.05, 3.63) is 89.2 Å². The number of carbonyl (C=O) groups is 2. The molecule has 2 N–H and O–H groups in total. The van der Waals surface area contributed by atoms with Gasteiger partial charge < -0.3 is 14.8 Å². The van der Waals surface area contributed by atoms with Crippen LogP contribution in [-0.2, 0) is 13.0 Å². The fourth-order valence-corrected chi connectivity index (χ4v) is 4.05. The van der Waals surface area contributed by atoms with E-state index >= 15 is 0 Å². The summed E-state index contributed by atoms with van der Waals surface area (Å²) in [7, 11) is 0. The van der Waals surface area contributed by atoms with E-state index in [0.717, 1.165) is 35.9 Å². The van der Waals surface area contributed by atoms with Gasteiger partial charge in [-0.15, -0.1) is 0 Å². The lowest BCUT2D eigenvalue weighted by Crippen LogP contribution is -2.08. The zero-order chi connectivity index (χ0) is 22.7. The molecule has 0 aliphatic heterocycles. The second-order valence-corrected chi connectivity index (χ2v) is 7.78. The number of fused-ring (bicyclic) bond motifs is 1. The van der Waals surface area contributed by atoms with Crippen molar-refractivity contribution in [3.63, 3.8) is 0 Å². The summed E-state index contributed by atoms with van der Waals surface area (Å²) in [5.41, 5.74) is 4.36. The first-order chi connectivity index (χ1) is 15.5. The Labute approximate surface area is 185 Å². The van der Waals surface area contributed by atoms with E-state index in [1.807, 2.05) is 18.2 Å². The van der Waals surface area contributed by atoms with Crippen LogP contribution in [0.1, 0.15) is 51.7 Å². The molecule has 0 atom stereocenters. The lowest BCUT2D eigenvalue weighted by Gasteiger charge is -2.13. The zero-order valence-corrected chi connectivity index (χ0v) is 17.8. The largest absolute Gasteiger partial charge is 0.478 e. The van der Waals surface area contributed by atoms with Crippen LogP contribution in [0.4, 0.5) is 0 Å². The van der Waals surface area contributed by atoms with Gasteiger partial charge in [-0.05, 0) is 42.7 Å². The number of carboxylic acids is 2. The van der Waals surface area contributed by atoms with E-state index in [1.54, 1.807) is 42.6 Å². The fourth-order valence-electron chi connectivity index (χ4n) is 4.05. The molecule has 0 bridgehead atoms. The minimum atomic E-state index is -0.993. The maximum atomic E-state index is 11.9. The van der Waals surface area contributed by atoms with Crippen LogP contribution >= 0.6 is 0 Å². The molecule has 0 fully saturated rings. The molecule has 2 aromatic heterocycles. The first kappa shape index (κ1) is 21.3. The molecule has 4 rings (SSSR count). The summed E-state index contributed by atoms with van der Waals surface area (Å²) in [6, 6.07) is 17.9. The molecule has 0 spiro atoms. The van der Waals surface area contributed by atoms with Gasteiger partial charge in [-0.2, -0.15) is 0 Å². The predicted molar refractivity (Wildman–Crippen MR) is 123 cm³/mol. The van der Waals surface area contributed by atoms with Gasteiger partial charge in [-0.3, -0.25) is 4.98 Å². The Morgan fingerprint density at radius 1 is 0.938 bits per heavy atom. The molecule has 6 nitrogen and oxygen atoms in total. The van der Waals surface area contributed by atoms with E-state index in [4.69, 9.17) is 0 Å². The average Bonchev–Trinajstić information content (AvgIpc) is 3.15. The lowest BCUT2D eigenvalue weighted by atomic mass is 10.0. The number of nitrogens with zero attached hydrogens (tertiary/aromatic N) is 2. The number of aryl methyl sites for hydroxylation is 1. The van der Waals surface area contributed by atoms with Gasteiger partial charge in [0.2, 0.25) is 0 Å². The van der Waals surface area contributed by atoms with Gasteiger partial charge in [0.05, 0.1) is 22.3 Å². The van der Waals surface area contributed by atoms with Crippen LogP contribution < -0.4 is 0 Å². The molecular formula is C26H24N2O4. The number of carboxylic acid groups (broad SMARTS) is 2. The Hall–Kier alpha value is -3.93. The summed E-state index contributed by atoms with van der Waals surface area (Å²) >= 11 is 0. The Morgan fingerprint density at radius 2 is 1.69 bits per heavy atom. The second kappa shape index (κ2) is 9.06. The average molecular weight is 428 g/mol. The van der Waals surface area contributed by atoms with E-state index in [-0.39, 0.29) is 11.1 Å². The molecule has 0 aliphatic carbocycles. The molecule has 0 aliphatic rings. The summed E-state index contributed by atoms with van der Waals surface area (Å²) < 4.78 is 2.07. The summed E-state index contributed by atoms with van der Waals surface area (Å²) in [6.07, 6.45) is 4.66. The number of hydrogen-bond donors (Lipinski definition) is 2. The lowest BCUT2D eigenvalue weighted by molar-refractivity contribution is 0.0687. The number of hydrogen-bond acceptors (Lipinski definition) is 3. The van der Waals surface area contributed by atoms with Gasteiger partial charge in [0.25, 0.3) is 0 Å². The molecule has 162 valence electrons. The van der Waals surface area contributed by atoms with E-state index in [1.165, 1.54) is 0 Å². The predicted octanol–water partition coefficient (Wildman–Crippen LogP) is 5.49. The van der Waals surface area contributed by atoms with Gasteiger partial charge in [0.1, 0.15) is 0 Å². The van der Waals surface area contributed by atoms with Crippen molar-refractivity contribution in [1.82, 2.24) is 9.55 Å². The summed E-state index contributed by atoms with van der Waals surface area (Å²) in [5, 5.41) is 20.1. The normalized spacial score (nSPS) is 11.0. The van der Waals surface area contributed by atoms with Crippen molar-refractivity contribution in [2.45, 2.75) is 32.7 Å². The molecule has 2 aromatic carbocycles. The van der Waals surface area contributed by atoms with E-state index < -0.39 is 11.9 Å². The third-order valence-electron chi connectivity index (χ3n) is 5.62. The molecule has 0 saturated carbocycles. The Morgan fingerprint density at radius 3 is 2.38 bits per heavy atom. The molecule has 0 amide bonds. The molecule has 0 saturated heterocycles. The van der Waals surface area contributed by atoms with Crippen LogP contribution in [0.3, 0.4) is 0 Å².